The molecule has 5 heteroatoms. The van der Waals surface area contributed by atoms with Gasteiger partial charge in [-0.2, -0.15) is 4.31 Å². The van der Waals surface area contributed by atoms with Gasteiger partial charge in [-0.1, -0.05) is 0 Å². The standard InChI is InChI=1S/C10H17NO2S2/c1-8(2)11(15(4,12)13)7-10-6-5-9(3)14-10/h5-6,8H,7H2,1-4H3. The molecule has 86 valence electrons. The van der Waals surface area contributed by atoms with Crippen molar-refractivity contribution >= 4 is 21.4 Å². The Morgan fingerprint density at radius 1 is 1.40 bits per heavy atom. The first-order valence-corrected chi connectivity index (χ1v) is 7.49. The van der Waals surface area contributed by atoms with Crippen LogP contribution in [0.3, 0.4) is 0 Å². The van der Waals surface area contributed by atoms with Crippen LogP contribution in [0, 0.1) is 6.92 Å². The molecule has 0 aliphatic carbocycles. The van der Waals surface area contributed by atoms with Crippen LogP contribution in [0.4, 0.5) is 0 Å². The third kappa shape index (κ3) is 3.59. The van der Waals surface area contributed by atoms with Crippen LogP contribution in [-0.2, 0) is 16.6 Å². The zero-order valence-electron chi connectivity index (χ0n) is 9.52. The van der Waals surface area contributed by atoms with Crippen molar-refractivity contribution < 1.29 is 8.42 Å². The fourth-order valence-electron chi connectivity index (χ4n) is 1.41. The molecule has 0 aliphatic rings. The van der Waals surface area contributed by atoms with Gasteiger partial charge in [-0.05, 0) is 32.9 Å². The third-order valence-electron chi connectivity index (χ3n) is 2.11. The number of rotatable bonds is 4. The molecule has 0 saturated heterocycles. The Morgan fingerprint density at radius 3 is 2.33 bits per heavy atom. The molecule has 0 bridgehead atoms. The lowest BCUT2D eigenvalue weighted by atomic mass is 10.3. The second kappa shape index (κ2) is 4.63. The van der Waals surface area contributed by atoms with Crippen LogP contribution < -0.4 is 0 Å². The van der Waals surface area contributed by atoms with Crippen molar-refractivity contribution in [1.29, 1.82) is 0 Å². The monoisotopic (exact) mass is 247 g/mol. The SMILES string of the molecule is Cc1ccc(CN(C(C)C)S(C)(=O)=O)s1. The van der Waals surface area contributed by atoms with E-state index in [0.29, 0.717) is 6.54 Å². The summed E-state index contributed by atoms with van der Waals surface area (Å²) < 4.78 is 24.5. The van der Waals surface area contributed by atoms with Crippen molar-refractivity contribution in [3.05, 3.63) is 21.9 Å². The molecule has 1 aromatic rings. The van der Waals surface area contributed by atoms with E-state index in [0.717, 1.165) is 4.88 Å². The van der Waals surface area contributed by atoms with Crippen molar-refractivity contribution in [2.75, 3.05) is 6.26 Å². The van der Waals surface area contributed by atoms with Gasteiger partial charge in [0.1, 0.15) is 0 Å². The van der Waals surface area contributed by atoms with Crippen LogP contribution in [0.25, 0.3) is 0 Å². The molecule has 0 radical (unpaired) electrons. The van der Waals surface area contributed by atoms with Gasteiger partial charge in [-0.15, -0.1) is 11.3 Å². The van der Waals surface area contributed by atoms with Gasteiger partial charge in [0, 0.05) is 22.3 Å². The first-order chi connectivity index (χ1) is 6.80. The molecule has 15 heavy (non-hydrogen) atoms. The summed E-state index contributed by atoms with van der Waals surface area (Å²) in [5, 5.41) is 0. The molecule has 0 N–H and O–H groups in total. The summed E-state index contributed by atoms with van der Waals surface area (Å²) in [6, 6.07) is 4.00. The molecule has 1 aromatic heterocycles. The summed E-state index contributed by atoms with van der Waals surface area (Å²) in [5.74, 6) is 0. The Kier molecular flexibility index (Phi) is 3.92. The molecule has 3 nitrogen and oxygen atoms in total. The quantitative estimate of drug-likeness (QED) is 0.818. The Labute approximate surface area is 95.8 Å². The average Bonchev–Trinajstić information content (AvgIpc) is 2.44. The highest BCUT2D eigenvalue weighted by molar-refractivity contribution is 7.88. The summed E-state index contributed by atoms with van der Waals surface area (Å²) >= 11 is 1.64. The second-order valence-electron chi connectivity index (χ2n) is 3.91. The van der Waals surface area contributed by atoms with Crippen molar-refractivity contribution in [3.63, 3.8) is 0 Å². The van der Waals surface area contributed by atoms with E-state index < -0.39 is 10.0 Å². The molecule has 0 fully saturated rings. The van der Waals surface area contributed by atoms with E-state index in [2.05, 4.69) is 0 Å². The van der Waals surface area contributed by atoms with Crippen LogP contribution in [0.5, 0.6) is 0 Å². The molecule has 0 spiro atoms. The lowest BCUT2D eigenvalue weighted by Crippen LogP contribution is -2.35. The van der Waals surface area contributed by atoms with Gasteiger partial charge < -0.3 is 0 Å². The predicted octanol–water partition coefficient (Wildman–Crippen LogP) is 2.23. The van der Waals surface area contributed by atoms with Crippen LogP contribution in [0.2, 0.25) is 0 Å². The van der Waals surface area contributed by atoms with E-state index in [1.54, 1.807) is 11.3 Å². The van der Waals surface area contributed by atoms with Crippen molar-refractivity contribution in [1.82, 2.24) is 4.31 Å². The van der Waals surface area contributed by atoms with Crippen molar-refractivity contribution in [3.8, 4) is 0 Å². The normalized spacial score (nSPS) is 12.7. The number of hydrogen-bond acceptors (Lipinski definition) is 3. The van der Waals surface area contributed by atoms with E-state index >= 15 is 0 Å². The van der Waals surface area contributed by atoms with Gasteiger partial charge in [0.05, 0.1) is 6.26 Å². The average molecular weight is 247 g/mol. The van der Waals surface area contributed by atoms with Gasteiger partial charge in [-0.25, -0.2) is 8.42 Å². The molecule has 0 aromatic carbocycles. The summed E-state index contributed by atoms with van der Waals surface area (Å²) in [6.07, 6.45) is 1.26. The lowest BCUT2D eigenvalue weighted by molar-refractivity contribution is 0.353. The third-order valence-corrected chi connectivity index (χ3v) is 4.50. The maximum Gasteiger partial charge on any atom is 0.211 e. The Balaban J connectivity index is 2.86. The van der Waals surface area contributed by atoms with E-state index in [9.17, 15) is 8.42 Å². The maximum atomic E-state index is 11.5. The largest absolute Gasteiger partial charge is 0.212 e. The molecule has 0 atom stereocenters. The summed E-state index contributed by atoms with van der Waals surface area (Å²) in [6.45, 7) is 6.28. The molecule has 0 aliphatic heterocycles. The predicted molar refractivity (Wildman–Crippen MR) is 64.6 cm³/mol. The highest BCUT2D eigenvalue weighted by Gasteiger charge is 2.20. The van der Waals surface area contributed by atoms with Gasteiger partial charge >= 0.3 is 0 Å². The Bertz CT molecular complexity index is 420. The van der Waals surface area contributed by atoms with Gasteiger partial charge in [0.15, 0.2) is 0 Å². The first-order valence-electron chi connectivity index (χ1n) is 4.83. The van der Waals surface area contributed by atoms with Crippen molar-refractivity contribution in [2.45, 2.75) is 33.4 Å². The van der Waals surface area contributed by atoms with Crippen molar-refractivity contribution in [2.24, 2.45) is 0 Å². The molecular weight excluding hydrogens is 230 g/mol. The fraction of sp³-hybridized carbons (Fsp3) is 0.600. The topological polar surface area (TPSA) is 37.4 Å². The fourth-order valence-corrected chi connectivity index (χ4v) is 3.52. The minimum atomic E-state index is -3.11. The minimum absolute atomic E-state index is 0.00223. The molecular formula is C10H17NO2S2. The first kappa shape index (κ1) is 12.7. The molecule has 0 amide bonds. The highest BCUT2D eigenvalue weighted by atomic mass is 32.2. The van der Waals surface area contributed by atoms with Crippen LogP contribution in [-0.4, -0.2) is 25.0 Å². The smallest absolute Gasteiger partial charge is 0.211 e. The molecule has 0 unspecified atom stereocenters. The van der Waals surface area contributed by atoms with Gasteiger partial charge in [-0.3, -0.25) is 0 Å². The van der Waals surface area contributed by atoms with Crippen LogP contribution in [0.15, 0.2) is 12.1 Å². The summed E-state index contributed by atoms with van der Waals surface area (Å²) in [7, 11) is -3.11. The highest BCUT2D eigenvalue weighted by Crippen LogP contribution is 2.19. The number of thiophene rings is 1. The number of aryl methyl sites for hydroxylation is 1. The zero-order valence-corrected chi connectivity index (χ0v) is 11.2. The number of nitrogens with zero attached hydrogens (tertiary/aromatic N) is 1. The zero-order chi connectivity index (χ0) is 11.6. The molecule has 1 rings (SSSR count). The maximum absolute atomic E-state index is 11.5. The number of sulfonamides is 1. The van der Waals surface area contributed by atoms with Crippen LogP contribution in [0.1, 0.15) is 23.6 Å². The minimum Gasteiger partial charge on any atom is -0.212 e. The van der Waals surface area contributed by atoms with E-state index in [-0.39, 0.29) is 6.04 Å². The van der Waals surface area contributed by atoms with E-state index in [4.69, 9.17) is 0 Å². The summed E-state index contributed by atoms with van der Waals surface area (Å²) in [5.41, 5.74) is 0. The second-order valence-corrected chi connectivity index (χ2v) is 7.22. The van der Waals surface area contributed by atoms with E-state index in [1.165, 1.54) is 15.4 Å². The Morgan fingerprint density at radius 2 is 2.00 bits per heavy atom. The molecule has 0 saturated carbocycles. The van der Waals surface area contributed by atoms with Gasteiger partial charge in [0.2, 0.25) is 10.0 Å². The summed E-state index contributed by atoms with van der Waals surface area (Å²) in [4.78, 5) is 2.30. The number of hydrogen-bond donors (Lipinski definition) is 0. The lowest BCUT2D eigenvalue weighted by Gasteiger charge is -2.23. The Hall–Kier alpha value is -0.390. The van der Waals surface area contributed by atoms with Gasteiger partial charge in [0.25, 0.3) is 0 Å². The van der Waals surface area contributed by atoms with E-state index in [1.807, 2.05) is 32.9 Å². The van der Waals surface area contributed by atoms with Crippen LogP contribution >= 0.6 is 11.3 Å². The molecule has 1 heterocycles.